The summed E-state index contributed by atoms with van der Waals surface area (Å²) < 4.78 is 37.5. The van der Waals surface area contributed by atoms with E-state index >= 15 is 0 Å². The number of hydrogen-bond acceptors (Lipinski definition) is 3. The smallest absolute Gasteiger partial charge is 0.336 e. The lowest BCUT2D eigenvalue weighted by molar-refractivity contribution is -0.137. The van der Waals surface area contributed by atoms with Crippen molar-refractivity contribution >= 4 is 23.1 Å². The quantitative estimate of drug-likeness (QED) is 0.843. The van der Waals surface area contributed by atoms with E-state index in [4.69, 9.17) is 0 Å². The van der Waals surface area contributed by atoms with Crippen molar-refractivity contribution in [2.24, 2.45) is 0 Å². The molecule has 2 N–H and O–H groups in total. The Bertz CT molecular complexity index is 654. The Labute approximate surface area is 142 Å². The predicted octanol–water partition coefficient (Wildman–Crippen LogP) is 4.19. The van der Waals surface area contributed by atoms with Crippen molar-refractivity contribution in [3.8, 4) is 0 Å². The van der Waals surface area contributed by atoms with Crippen LogP contribution in [0.1, 0.15) is 16.5 Å². The van der Waals surface area contributed by atoms with Gasteiger partial charge in [-0.1, -0.05) is 6.07 Å². The summed E-state index contributed by atoms with van der Waals surface area (Å²) >= 11 is 1.60. The average molecular weight is 357 g/mol. The van der Waals surface area contributed by atoms with Gasteiger partial charge in [0, 0.05) is 17.1 Å². The second kappa shape index (κ2) is 7.67. The SMILES string of the molecule is CN(C)[C@@H](CNC(=O)Nc1ccc(C(F)(F)F)cc1)c1cccs1. The largest absolute Gasteiger partial charge is 0.416 e. The first-order chi connectivity index (χ1) is 11.3. The molecule has 0 bridgehead atoms. The molecule has 0 aliphatic carbocycles. The Morgan fingerprint density at radius 1 is 1.21 bits per heavy atom. The van der Waals surface area contributed by atoms with E-state index in [9.17, 15) is 18.0 Å². The van der Waals surface area contributed by atoms with Gasteiger partial charge >= 0.3 is 12.2 Å². The number of urea groups is 1. The Morgan fingerprint density at radius 2 is 1.88 bits per heavy atom. The summed E-state index contributed by atoms with van der Waals surface area (Å²) in [5.74, 6) is 0. The van der Waals surface area contributed by atoms with Gasteiger partial charge in [-0.25, -0.2) is 4.79 Å². The number of benzene rings is 1. The molecule has 2 amide bonds. The number of carbonyl (C=O) groups excluding carboxylic acids is 1. The topological polar surface area (TPSA) is 44.4 Å². The van der Waals surface area contributed by atoms with Gasteiger partial charge in [-0.05, 0) is 49.8 Å². The van der Waals surface area contributed by atoms with Gasteiger partial charge in [-0.3, -0.25) is 0 Å². The number of nitrogens with one attached hydrogen (secondary N) is 2. The number of hydrogen-bond donors (Lipinski definition) is 2. The van der Waals surface area contributed by atoms with E-state index in [0.29, 0.717) is 12.2 Å². The fraction of sp³-hybridized carbons (Fsp3) is 0.312. The normalized spacial score (nSPS) is 12.9. The maximum Gasteiger partial charge on any atom is 0.416 e. The number of anilines is 1. The van der Waals surface area contributed by atoms with Crippen LogP contribution in [0, 0.1) is 0 Å². The zero-order valence-electron chi connectivity index (χ0n) is 13.2. The number of nitrogens with zero attached hydrogens (tertiary/aromatic N) is 1. The van der Waals surface area contributed by atoms with Gasteiger partial charge < -0.3 is 15.5 Å². The van der Waals surface area contributed by atoms with E-state index in [1.807, 2.05) is 36.5 Å². The standard InChI is InChI=1S/C16H18F3N3OS/c1-22(2)13(14-4-3-9-24-14)10-20-15(23)21-12-7-5-11(6-8-12)16(17,18)19/h3-9,13H,10H2,1-2H3,(H2,20,21,23)/t13-/m0/s1. The Kier molecular flexibility index (Phi) is 5.84. The molecule has 0 aliphatic heterocycles. The third-order valence-electron chi connectivity index (χ3n) is 3.42. The lowest BCUT2D eigenvalue weighted by Gasteiger charge is -2.23. The maximum atomic E-state index is 12.5. The summed E-state index contributed by atoms with van der Waals surface area (Å²) in [6.45, 7) is 0.389. The Morgan fingerprint density at radius 3 is 2.38 bits per heavy atom. The molecule has 0 fully saturated rings. The van der Waals surface area contributed by atoms with Gasteiger partial charge in [0.1, 0.15) is 0 Å². The fourth-order valence-electron chi connectivity index (χ4n) is 2.13. The number of amides is 2. The van der Waals surface area contributed by atoms with Crippen LogP contribution in [0.15, 0.2) is 41.8 Å². The van der Waals surface area contributed by atoms with Gasteiger partial charge in [0.2, 0.25) is 0 Å². The number of alkyl halides is 3. The number of likely N-dealkylation sites (N-methyl/N-ethyl adjacent to an activating group) is 1. The van der Waals surface area contributed by atoms with Crippen molar-refractivity contribution in [3.05, 3.63) is 52.2 Å². The van der Waals surface area contributed by atoms with E-state index in [2.05, 4.69) is 10.6 Å². The molecular formula is C16H18F3N3OS. The van der Waals surface area contributed by atoms with Crippen molar-refractivity contribution in [3.63, 3.8) is 0 Å². The summed E-state index contributed by atoms with van der Waals surface area (Å²) in [5.41, 5.74) is -0.447. The molecule has 2 rings (SSSR count). The summed E-state index contributed by atoms with van der Waals surface area (Å²) in [5, 5.41) is 7.23. The highest BCUT2D eigenvalue weighted by atomic mass is 32.1. The van der Waals surface area contributed by atoms with E-state index in [0.717, 1.165) is 17.0 Å². The zero-order valence-corrected chi connectivity index (χ0v) is 14.0. The minimum atomic E-state index is -4.39. The summed E-state index contributed by atoms with van der Waals surface area (Å²) in [6, 6.07) is 7.83. The highest BCUT2D eigenvalue weighted by Gasteiger charge is 2.30. The maximum absolute atomic E-state index is 12.5. The third-order valence-corrected chi connectivity index (χ3v) is 4.39. The molecule has 0 saturated carbocycles. The van der Waals surface area contributed by atoms with E-state index in [-0.39, 0.29) is 6.04 Å². The molecule has 1 aromatic heterocycles. The zero-order chi connectivity index (χ0) is 17.7. The van der Waals surface area contributed by atoms with Gasteiger partial charge in [0.05, 0.1) is 11.6 Å². The number of halogens is 3. The molecule has 2 aromatic rings. The average Bonchev–Trinajstić information content (AvgIpc) is 3.00. The molecule has 0 radical (unpaired) electrons. The summed E-state index contributed by atoms with van der Waals surface area (Å²) in [6.07, 6.45) is -4.39. The van der Waals surface area contributed by atoms with E-state index in [1.165, 1.54) is 12.1 Å². The number of rotatable bonds is 5. The van der Waals surface area contributed by atoms with Crippen LogP contribution < -0.4 is 10.6 Å². The minimum Gasteiger partial charge on any atom is -0.336 e. The molecule has 1 aromatic carbocycles. The molecule has 130 valence electrons. The first-order valence-corrected chi connectivity index (χ1v) is 8.07. The highest BCUT2D eigenvalue weighted by molar-refractivity contribution is 7.10. The van der Waals surface area contributed by atoms with Gasteiger partial charge in [0.25, 0.3) is 0 Å². The first-order valence-electron chi connectivity index (χ1n) is 7.19. The Hall–Kier alpha value is -2.06. The van der Waals surface area contributed by atoms with Crippen LogP contribution in [0.3, 0.4) is 0 Å². The van der Waals surface area contributed by atoms with E-state index in [1.54, 1.807) is 11.3 Å². The summed E-state index contributed by atoms with van der Waals surface area (Å²) in [7, 11) is 3.83. The minimum absolute atomic E-state index is 0.0309. The fourth-order valence-corrected chi connectivity index (χ4v) is 3.05. The van der Waals surface area contributed by atoms with Gasteiger partial charge in [-0.15, -0.1) is 11.3 Å². The van der Waals surface area contributed by atoms with Crippen LogP contribution in [-0.2, 0) is 6.18 Å². The second-order valence-electron chi connectivity index (χ2n) is 5.40. The van der Waals surface area contributed by atoms with Crippen molar-refractivity contribution in [2.45, 2.75) is 12.2 Å². The monoisotopic (exact) mass is 357 g/mol. The lowest BCUT2D eigenvalue weighted by Crippen LogP contribution is -2.36. The first kappa shape index (κ1) is 18.3. The summed E-state index contributed by atoms with van der Waals surface area (Å²) in [4.78, 5) is 15.0. The third kappa shape index (κ3) is 4.97. The molecule has 1 atom stereocenters. The van der Waals surface area contributed by atoms with Gasteiger partial charge in [0.15, 0.2) is 0 Å². The lowest BCUT2D eigenvalue weighted by atomic mass is 10.2. The molecule has 0 saturated heterocycles. The van der Waals surface area contributed by atoms with Gasteiger partial charge in [-0.2, -0.15) is 13.2 Å². The molecule has 0 unspecified atom stereocenters. The van der Waals surface area contributed by atoms with Crippen LogP contribution in [0.25, 0.3) is 0 Å². The van der Waals surface area contributed by atoms with Crippen molar-refractivity contribution in [2.75, 3.05) is 26.0 Å². The molecule has 24 heavy (non-hydrogen) atoms. The van der Waals surface area contributed by atoms with E-state index < -0.39 is 17.8 Å². The Balaban J connectivity index is 1.91. The number of thiophene rings is 1. The molecule has 0 aliphatic rings. The van der Waals surface area contributed by atoms with Crippen LogP contribution in [0.4, 0.5) is 23.7 Å². The van der Waals surface area contributed by atoms with Crippen LogP contribution in [0.2, 0.25) is 0 Å². The van der Waals surface area contributed by atoms with Crippen molar-refractivity contribution in [1.82, 2.24) is 10.2 Å². The predicted molar refractivity (Wildman–Crippen MR) is 89.2 cm³/mol. The second-order valence-corrected chi connectivity index (χ2v) is 6.38. The van der Waals surface area contributed by atoms with Crippen molar-refractivity contribution < 1.29 is 18.0 Å². The molecule has 4 nitrogen and oxygen atoms in total. The molecule has 8 heteroatoms. The molecule has 1 heterocycles. The molecule has 0 spiro atoms. The van der Waals surface area contributed by atoms with Crippen molar-refractivity contribution in [1.29, 1.82) is 0 Å². The van der Waals surface area contributed by atoms with Crippen LogP contribution >= 0.6 is 11.3 Å². The van der Waals surface area contributed by atoms with Crippen LogP contribution in [-0.4, -0.2) is 31.6 Å². The van der Waals surface area contributed by atoms with Crippen LogP contribution in [0.5, 0.6) is 0 Å². The molecular weight excluding hydrogens is 339 g/mol. The number of carbonyl (C=O) groups is 1. The highest BCUT2D eigenvalue weighted by Crippen LogP contribution is 2.29.